The van der Waals surface area contributed by atoms with Gasteiger partial charge < -0.3 is 20.6 Å². The van der Waals surface area contributed by atoms with E-state index >= 15 is 0 Å². The number of aromatic nitrogens is 1. The molecule has 3 rings (SSSR count). The van der Waals surface area contributed by atoms with Crippen LogP contribution in [-0.4, -0.2) is 48.3 Å². The molecule has 2 heterocycles. The Labute approximate surface area is 147 Å². The van der Waals surface area contributed by atoms with Crippen LogP contribution in [0.1, 0.15) is 22.5 Å². The molecule has 1 saturated heterocycles. The molecule has 0 aliphatic carbocycles. The summed E-state index contributed by atoms with van der Waals surface area (Å²) in [5, 5.41) is 15.8. The number of hydrogen-bond donors (Lipinski definition) is 3. The normalized spacial score (nSPS) is 19.6. The highest BCUT2D eigenvalue weighted by atomic mass is 16.3. The number of anilines is 1. The fraction of sp³-hybridized carbons (Fsp3) is 0.368. The number of amides is 1. The van der Waals surface area contributed by atoms with E-state index in [9.17, 15) is 9.90 Å². The SMILES string of the molecule is CN(C[C@@H]1C[C@@H](O)CN1)c1ccnc(C(=O)NCc2ccccc2)c1. The summed E-state index contributed by atoms with van der Waals surface area (Å²) in [5.74, 6) is -0.187. The number of hydrogen-bond acceptors (Lipinski definition) is 5. The predicted molar refractivity (Wildman–Crippen MR) is 97.5 cm³/mol. The van der Waals surface area contributed by atoms with Gasteiger partial charge in [-0.05, 0) is 24.1 Å². The number of rotatable bonds is 6. The van der Waals surface area contributed by atoms with Crippen LogP contribution in [0.5, 0.6) is 0 Å². The van der Waals surface area contributed by atoms with Gasteiger partial charge in [0.2, 0.25) is 0 Å². The minimum Gasteiger partial charge on any atom is -0.392 e. The van der Waals surface area contributed by atoms with Crippen LogP contribution in [0.3, 0.4) is 0 Å². The third-order valence-corrected chi connectivity index (χ3v) is 4.41. The first kappa shape index (κ1) is 17.4. The topological polar surface area (TPSA) is 77.5 Å². The number of carbonyl (C=O) groups is 1. The van der Waals surface area contributed by atoms with E-state index in [2.05, 4.69) is 20.5 Å². The molecule has 2 atom stereocenters. The average molecular weight is 340 g/mol. The van der Waals surface area contributed by atoms with E-state index in [0.717, 1.165) is 24.2 Å². The van der Waals surface area contributed by atoms with Crippen LogP contribution in [0.2, 0.25) is 0 Å². The van der Waals surface area contributed by atoms with Crippen LogP contribution in [-0.2, 0) is 6.54 Å². The number of nitrogens with one attached hydrogen (secondary N) is 2. The van der Waals surface area contributed by atoms with E-state index in [4.69, 9.17) is 0 Å². The Balaban J connectivity index is 1.59. The molecule has 0 radical (unpaired) electrons. The summed E-state index contributed by atoms with van der Waals surface area (Å²) in [5.41, 5.74) is 2.39. The van der Waals surface area contributed by atoms with Crippen molar-refractivity contribution in [2.24, 2.45) is 0 Å². The molecule has 6 heteroatoms. The van der Waals surface area contributed by atoms with Gasteiger partial charge in [-0.25, -0.2) is 0 Å². The molecule has 1 aliphatic rings. The Morgan fingerprint density at radius 1 is 1.36 bits per heavy atom. The summed E-state index contributed by atoms with van der Waals surface area (Å²) >= 11 is 0. The van der Waals surface area contributed by atoms with Gasteiger partial charge in [-0.15, -0.1) is 0 Å². The van der Waals surface area contributed by atoms with Crippen LogP contribution in [0.25, 0.3) is 0 Å². The van der Waals surface area contributed by atoms with E-state index in [1.165, 1.54) is 0 Å². The number of aliphatic hydroxyl groups is 1. The molecule has 132 valence electrons. The Bertz CT molecular complexity index is 708. The van der Waals surface area contributed by atoms with Gasteiger partial charge in [-0.2, -0.15) is 0 Å². The van der Waals surface area contributed by atoms with Crippen LogP contribution in [0, 0.1) is 0 Å². The monoisotopic (exact) mass is 340 g/mol. The fourth-order valence-electron chi connectivity index (χ4n) is 3.02. The number of nitrogens with zero attached hydrogens (tertiary/aromatic N) is 2. The maximum absolute atomic E-state index is 12.3. The second-order valence-corrected chi connectivity index (χ2v) is 6.44. The van der Waals surface area contributed by atoms with Crippen LogP contribution in [0.15, 0.2) is 48.7 Å². The van der Waals surface area contributed by atoms with Gasteiger partial charge in [0, 0.05) is 44.6 Å². The van der Waals surface area contributed by atoms with Gasteiger partial charge in [0.15, 0.2) is 0 Å². The van der Waals surface area contributed by atoms with Gasteiger partial charge in [0.1, 0.15) is 5.69 Å². The first-order valence-electron chi connectivity index (χ1n) is 8.52. The average Bonchev–Trinajstić information content (AvgIpc) is 3.05. The number of pyridine rings is 1. The number of carbonyl (C=O) groups excluding carboxylic acids is 1. The molecule has 1 amide bonds. The summed E-state index contributed by atoms with van der Waals surface area (Å²) in [6.45, 7) is 1.89. The zero-order chi connectivity index (χ0) is 17.6. The Hall–Kier alpha value is -2.44. The number of likely N-dealkylation sites (N-methyl/N-ethyl adjacent to an activating group) is 1. The maximum atomic E-state index is 12.3. The van der Waals surface area contributed by atoms with Crippen molar-refractivity contribution < 1.29 is 9.90 Å². The smallest absolute Gasteiger partial charge is 0.270 e. The largest absolute Gasteiger partial charge is 0.392 e. The molecule has 0 unspecified atom stereocenters. The summed E-state index contributed by atoms with van der Waals surface area (Å²) < 4.78 is 0. The van der Waals surface area contributed by atoms with E-state index in [-0.39, 0.29) is 18.1 Å². The van der Waals surface area contributed by atoms with Crippen molar-refractivity contribution in [1.29, 1.82) is 0 Å². The molecule has 0 spiro atoms. The molecule has 0 saturated carbocycles. The molecule has 0 bridgehead atoms. The Morgan fingerprint density at radius 3 is 2.88 bits per heavy atom. The molecule has 1 fully saturated rings. The molecule has 25 heavy (non-hydrogen) atoms. The van der Waals surface area contributed by atoms with Crippen molar-refractivity contribution >= 4 is 11.6 Å². The van der Waals surface area contributed by atoms with Crippen molar-refractivity contribution in [3.05, 3.63) is 59.9 Å². The lowest BCUT2D eigenvalue weighted by molar-refractivity contribution is 0.0946. The van der Waals surface area contributed by atoms with Gasteiger partial charge >= 0.3 is 0 Å². The summed E-state index contributed by atoms with van der Waals surface area (Å²) in [6.07, 6.45) is 2.13. The molecule has 3 N–H and O–H groups in total. The summed E-state index contributed by atoms with van der Waals surface area (Å²) in [4.78, 5) is 18.6. The first-order valence-corrected chi connectivity index (χ1v) is 8.52. The van der Waals surface area contributed by atoms with Crippen molar-refractivity contribution in [2.45, 2.75) is 25.1 Å². The van der Waals surface area contributed by atoms with Crippen molar-refractivity contribution in [1.82, 2.24) is 15.6 Å². The van der Waals surface area contributed by atoms with E-state index < -0.39 is 0 Å². The standard InChI is InChI=1S/C19H24N4O2/c1-23(13-15-9-17(24)12-21-15)16-7-8-20-18(10-16)19(25)22-11-14-5-3-2-4-6-14/h2-8,10,15,17,21,24H,9,11-13H2,1H3,(H,22,25)/t15-,17+/m0/s1. The predicted octanol–water partition coefficient (Wildman–Crippen LogP) is 1.17. The molecular formula is C19H24N4O2. The van der Waals surface area contributed by atoms with E-state index in [1.54, 1.807) is 12.3 Å². The van der Waals surface area contributed by atoms with Gasteiger partial charge in [-0.1, -0.05) is 30.3 Å². The molecule has 1 aromatic carbocycles. The highest BCUT2D eigenvalue weighted by Gasteiger charge is 2.23. The van der Waals surface area contributed by atoms with Crippen LogP contribution < -0.4 is 15.5 Å². The molecule has 2 aromatic rings. The zero-order valence-corrected chi connectivity index (χ0v) is 14.4. The lowest BCUT2D eigenvalue weighted by atomic mass is 10.2. The molecular weight excluding hydrogens is 316 g/mol. The minimum absolute atomic E-state index is 0.187. The number of benzene rings is 1. The summed E-state index contributed by atoms with van der Waals surface area (Å²) in [6, 6.07) is 13.7. The second kappa shape index (κ2) is 8.09. The molecule has 1 aromatic heterocycles. The quantitative estimate of drug-likeness (QED) is 0.736. The van der Waals surface area contributed by atoms with E-state index in [0.29, 0.717) is 18.8 Å². The summed E-state index contributed by atoms with van der Waals surface area (Å²) in [7, 11) is 1.98. The lowest BCUT2D eigenvalue weighted by Gasteiger charge is -2.23. The van der Waals surface area contributed by atoms with E-state index in [1.807, 2.05) is 43.4 Å². The third kappa shape index (κ3) is 4.78. The highest BCUT2D eigenvalue weighted by molar-refractivity contribution is 5.93. The number of aliphatic hydroxyl groups excluding tert-OH is 1. The number of β-amino-alcohol motifs (C(OH)–C–C–N with tert-alkyl or cyclic N) is 1. The van der Waals surface area contributed by atoms with Crippen molar-refractivity contribution in [2.75, 3.05) is 25.0 Å². The molecule has 1 aliphatic heterocycles. The first-order chi connectivity index (χ1) is 12.1. The molecule has 6 nitrogen and oxygen atoms in total. The lowest BCUT2D eigenvalue weighted by Crippen LogP contribution is -2.35. The van der Waals surface area contributed by atoms with Gasteiger partial charge in [-0.3, -0.25) is 9.78 Å². The fourth-order valence-corrected chi connectivity index (χ4v) is 3.02. The van der Waals surface area contributed by atoms with Crippen molar-refractivity contribution in [3.63, 3.8) is 0 Å². The third-order valence-electron chi connectivity index (χ3n) is 4.41. The Kier molecular flexibility index (Phi) is 5.63. The van der Waals surface area contributed by atoms with Crippen molar-refractivity contribution in [3.8, 4) is 0 Å². The Morgan fingerprint density at radius 2 is 2.16 bits per heavy atom. The van der Waals surface area contributed by atoms with Crippen LogP contribution in [0.4, 0.5) is 5.69 Å². The van der Waals surface area contributed by atoms with Crippen LogP contribution >= 0.6 is 0 Å². The maximum Gasteiger partial charge on any atom is 0.270 e. The minimum atomic E-state index is -0.268. The highest BCUT2D eigenvalue weighted by Crippen LogP contribution is 2.16. The van der Waals surface area contributed by atoms with Gasteiger partial charge in [0.05, 0.1) is 6.10 Å². The van der Waals surface area contributed by atoms with Gasteiger partial charge in [0.25, 0.3) is 5.91 Å². The second-order valence-electron chi connectivity index (χ2n) is 6.44. The zero-order valence-electron chi connectivity index (χ0n) is 14.4.